The fourth-order valence-electron chi connectivity index (χ4n) is 3.24. The van der Waals surface area contributed by atoms with E-state index in [1.165, 1.54) is 33.8 Å². The van der Waals surface area contributed by atoms with Gasteiger partial charge in [0.2, 0.25) is 0 Å². The van der Waals surface area contributed by atoms with E-state index in [1.54, 1.807) is 30.5 Å². The Balaban J connectivity index is 0.00000385. The van der Waals surface area contributed by atoms with Crippen molar-refractivity contribution >= 4 is 32.7 Å². The summed E-state index contributed by atoms with van der Waals surface area (Å²) in [5, 5.41) is 25.1. The summed E-state index contributed by atoms with van der Waals surface area (Å²) < 4.78 is 28.2. The van der Waals surface area contributed by atoms with Crippen LogP contribution in [-0.2, 0) is 49.2 Å². The predicted molar refractivity (Wildman–Crippen MR) is 123 cm³/mol. The van der Waals surface area contributed by atoms with Crippen molar-refractivity contribution in [3.05, 3.63) is 80.8 Å². The molecule has 0 aliphatic heterocycles. The van der Waals surface area contributed by atoms with E-state index in [2.05, 4.69) is 10.4 Å². The average molecular weight is 563 g/mol. The van der Waals surface area contributed by atoms with Crippen LogP contribution in [0, 0.1) is 15.5 Å². The zero-order valence-corrected chi connectivity index (χ0v) is 22.6. The fraction of sp³-hybridized carbons (Fsp3) is 0.318. The molecule has 1 radical (unpaired) electrons. The molecule has 2 aromatic carbocycles. The van der Waals surface area contributed by atoms with Crippen LogP contribution < -0.4 is 4.31 Å². The largest absolute Gasteiger partial charge is 0.388 e. The number of rotatable bonds is 11. The number of nitrogens with zero attached hydrogens (tertiary/aromatic N) is 3. The summed E-state index contributed by atoms with van der Waals surface area (Å²) in [5.41, 5.74) is 0.850. The number of nitro groups is 1. The minimum atomic E-state index is -4.04. The molecule has 11 heteroatoms. The Morgan fingerprint density at radius 2 is 1.94 bits per heavy atom. The van der Waals surface area contributed by atoms with Crippen LogP contribution in [0.4, 0.5) is 11.4 Å². The van der Waals surface area contributed by atoms with Gasteiger partial charge in [0.15, 0.2) is 0 Å². The minimum Gasteiger partial charge on any atom is -0.388 e. The van der Waals surface area contributed by atoms with E-state index < -0.39 is 21.1 Å². The maximum Gasteiger partial charge on any atom is 0.270 e. The van der Waals surface area contributed by atoms with E-state index in [0.717, 1.165) is 23.9 Å². The molecule has 1 heterocycles. The van der Waals surface area contributed by atoms with E-state index in [-0.39, 0.29) is 49.8 Å². The number of aromatic nitrogens is 1. The van der Waals surface area contributed by atoms with Crippen LogP contribution in [0.15, 0.2) is 59.6 Å². The summed E-state index contributed by atoms with van der Waals surface area (Å²) >= 11 is 1.44. The van der Waals surface area contributed by atoms with Crippen molar-refractivity contribution in [3.8, 4) is 0 Å². The molecule has 8 nitrogen and oxygen atoms in total. The average Bonchev–Trinajstić information content (AvgIpc) is 3.32. The third-order valence-corrected chi connectivity index (χ3v) is 7.60. The molecule has 3 rings (SSSR count). The monoisotopic (exact) mass is 563 g/mol. The molecule has 173 valence electrons. The molecule has 0 aliphatic rings. The molecule has 33 heavy (non-hydrogen) atoms. The van der Waals surface area contributed by atoms with Gasteiger partial charge in [-0.3, -0.25) is 14.4 Å². The molecule has 0 fully saturated rings. The van der Waals surface area contributed by atoms with Crippen molar-refractivity contribution in [1.82, 2.24) is 4.98 Å². The summed E-state index contributed by atoms with van der Waals surface area (Å²) in [4.78, 5) is 14.6. The number of thiazole rings is 1. The fourth-order valence-corrected chi connectivity index (χ4v) is 5.37. The standard InChI is InChI=1S/C22H24N3O5S2.Y/c1-2-21(26)17-9-11-18(12-10-17)24(14-4-3-8-22-23-13-15-31-22)32(29,30)20-7-5-6-19(16-20)25(27)28;/h5-7,9-13,16,21,26H,2-4,8,14H2,1H3;/q-1;. The maximum absolute atomic E-state index is 13.4. The van der Waals surface area contributed by atoms with Crippen molar-refractivity contribution in [2.45, 2.75) is 43.6 Å². The number of nitro benzene ring substituents is 1. The van der Waals surface area contributed by atoms with Crippen molar-refractivity contribution < 1.29 is 51.2 Å². The van der Waals surface area contributed by atoms with Crippen LogP contribution in [0.2, 0.25) is 0 Å². The first-order valence-corrected chi connectivity index (χ1v) is 12.4. The summed E-state index contributed by atoms with van der Waals surface area (Å²) in [6, 6.07) is 11.8. The van der Waals surface area contributed by atoms with Gasteiger partial charge in [0.1, 0.15) is 0 Å². The molecule has 0 spiro atoms. The van der Waals surface area contributed by atoms with Gasteiger partial charge in [0, 0.05) is 51.4 Å². The predicted octanol–water partition coefficient (Wildman–Crippen LogP) is 4.51. The van der Waals surface area contributed by atoms with Crippen molar-refractivity contribution in [1.29, 1.82) is 0 Å². The van der Waals surface area contributed by atoms with Gasteiger partial charge in [-0.25, -0.2) is 8.42 Å². The van der Waals surface area contributed by atoms with Gasteiger partial charge in [-0.2, -0.15) is 5.38 Å². The van der Waals surface area contributed by atoms with Crippen LogP contribution in [0.5, 0.6) is 0 Å². The summed E-state index contributed by atoms with van der Waals surface area (Å²) in [5.74, 6) is 0. The minimum absolute atomic E-state index is 0. The Bertz CT molecular complexity index is 1140. The van der Waals surface area contributed by atoms with E-state index in [9.17, 15) is 23.6 Å². The molecule has 1 N–H and O–H groups in total. The van der Waals surface area contributed by atoms with E-state index in [4.69, 9.17) is 0 Å². The molecule has 0 bridgehead atoms. The number of anilines is 1. The number of non-ortho nitro benzene ring substituents is 1. The van der Waals surface area contributed by atoms with Gasteiger partial charge in [-0.15, -0.1) is 0 Å². The summed E-state index contributed by atoms with van der Waals surface area (Å²) in [6.45, 7) is 2.06. The molecule has 0 saturated heterocycles. The maximum atomic E-state index is 13.4. The van der Waals surface area contributed by atoms with Crippen molar-refractivity contribution in [2.24, 2.45) is 0 Å². The second-order valence-electron chi connectivity index (χ2n) is 7.18. The Morgan fingerprint density at radius 3 is 2.55 bits per heavy atom. The summed E-state index contributed by atoms with van der Waals surface area (Å²) in [7, 11) is -4.04. The number of aliphatic hydroxyl groups excluding tert-OH is 1. The molecular formula is C22H24N3O5S2Y-. The van der Waals surface area contributed by atoms with Gasteiger partial charge in [0.25, 0.3) is 15.7 Å². The number of aliphatic hydroxyl groups is 1. The number of benzene rings is 2. The number of hydrogen-bond acceptors (Lipinski definition) is 7. The normalized spacial score (nSPS) is 12.1. The number of hydrogen-bond donors (Lipinski definition) is 1. The first-order valence-electron chi connectivity index (χ1n) is 10.2. The van der Waals surface area contributed by atoms with Gasteiger partial charge in [-0.1, -0.05) is 49.2 Å². The Kier molecular flexibility index (Phi) is 10.6. The van der Waals surface area contributed by atoms with Gasteiger partial charge >= 0.3 is 0 Å². The van der Waals surface area contributed by atoms with Crippen LogP contribution in [0.3, 0.4) is 0 Å². The Hall–Kier alpha value is -1.72. The third kappa shape index (κ3) is 7.13. The quantitative estimate of drug-likeness (QED) is 0.159. The summed E-state index contributed by atoms with van der Waals surface area (Å²) in [6.07, 6.45) is 3.57. The Morgan fingerprint density at radius 1 is 1.21 bits per heavy atom. The molecule has 3 aromatic rings. The van der Waals surface area contributed by atoms with Crippen molar-refractivity contribution in [2.75, 3.05) is 10.8 Å². The van der Waals surface area contributed by atoms with Gasteiger partial charge < -0.3 is 21.4 Å². The third-order valence-electron chi connectivity index (χ3n) is 5.01. The number of sulfonamides is 1. The van der Waals surface area contributed by atoms with Crippen molar-refractivity contribution in [3.63, 3.8) is 0 Å². The smallest absolute Gasteiger partial charge is 0.270 e. The van der Waals surface area contributed by atoms with Gasteiger partial charge in [-0.05, 0) is 36.6 Å². The molecule has 0 amide bonds. The molecule has 0 aliphatic carbocycles. The first-order chi connectivity index (χ1) is 15.3. The SMILES string of the molecule is CCC(O)c1ccc(N(CCCCc2nc[c-]s2)S(=O)(=O)c2cccc([N+](=O)[O-])c2)cc1.[Y]. The van der Waals surface area contributed by atoms with Crippen LogP contribution in [0.1, 0.15) is 42.9 Å². The zero-order chi connectivity index (χ0) is 23.1. The van der Waals surface area contributed by atoms with Crippen LogP contribution in [-0.4, -0.2) is 30.0 Å². The van der Waals surface area contributed by atoms with Crippen LogP contribution in [0.25, 0.3) is 0 Å². The number of aryl methyl sites for hydroxylation is 1. The van der Waals surface area contributed by atoms with E-state index in [0.29, 0.717) is 24.1 Å². The molecule has 0 saturated carbocycles. The second-order valence-corrected chi connectivity index (χ2v) is 9.95. The first kappa shape index (κ1) is 27.5. The number of unbranched alkanes of at least 4 members (excludes halogenated alkanes) is 1. The van der Waals surface area contributed by atoms with E-state index in [1.807, 2.05) is 6.92 Å². The molecule has 1 unspecified atom stereocenters. The van der Waals surface area contributed by atoms with E-state index >= 15 is 0 Å². The van der Waals surface area contributed by atoms with Gasteiger partial charge in [0.05, 0.1) is 21.6 Å². The zero-order valence-electron chi connectivity index (χ0n) is 18.1. The van der Waals surface area contributed by atoms with Crippen LogP contribution >= 0.6 is 11.3 Å². The molecule has 1 atom stereocenters. The Labute approximate surface area is 222 Å². The second kappa shape index (κ2) is 12.7. The molecular weight excluding hydrogens is 539 g/mol. The topological polar surface area (TPSA) is 114 Å². The molecule has 1 aromatic heterocycles.